The molecule has 5 nitrogen and oxygen atoms in total. The maximum atomic E-state index is 11.7. The summed E-state index contributed by atoms with van der Waals surface area (Å²) in [5.41, 5.74) is 5.69. The van der Waals surface area contributed by atoms with Gasteiger partial charge in [-0.3, -0.25) is 0 Å². The van der Waals surface area contributed by atoms with Crippen molar-refractivity contribution in [2.75, 3.05) is 13.1 Å². The molecule has 1 fully saturated rings. The number of aryl methyl sites for hydroxylation is 1. The number of furan rings is 1. The Labute approximate surface area is 101 Å². The van der Waals surface area contributed by atoms with E-state index in [1.165, 1.54) is 0 Å². The van der Waals surface area contributed by atoms with Crippen molar-refractivity contribution >= 4 is 6.03 Å². The second kappa shape index (κ2) is 4.79. The van der Waals surface area contributed by atoms with Gasteiger partial charge in [0.15, 0.2) is 0 Å². The van der Waals surface area contributed by atoms with Gasteiger partial charge < -0.3 is 20.4 Å². The lowest BCUT2D eigenvalue weighted by molar-refractivity contribution is 0.216. The van der Waals surface area contributed by atoms with E-state index in [0.29, 0.717) is 13.1 Å². The van der Waals surface area contributed by atoms with Gasteiger partial charge in [-0.15, -0.1) is 0 Å². The maximum Gasteiger partial charge on any atom is 0.318 e. The summed E-state index contributed by atoms with van der Waals surface area (Å²) in [5.74, 6) is 1.68. The van der Waals surface area contributed by atoms with Crippen LogP contribution in [0.5, 0.6) is 0 Å². The Kier molecular flexibility index (Phi) is 3.38. The number of carbonyl (C=O) groups excluding carboxylic acids is 1. The average molecular weight is 237 g/mol. The summed E-state index contributed by atoms with van der Waals surface area (Å²) in [6, 6.07) is 3.86. The minimum Gasteiger partial charge on any atom is -0.464 e. The normalized spacial score (nSPS) is 21.7. The molecule has 2 unspecified atom stereocenters. The number of nitrogens with one attached hydrogen (secondary N) is 1. The highest BCUT2D eigenvalue weighted by atomic mass is 16.3. The van der Waals surface area contributed by atoms with Gasteiger partial charge in [0.2, 0.25) is 0 Å². The van der Waals surface area contributed by atoms with Crippen molar-refractivity contribution < 1.29 is 9.21 Å². The second-order valence-corrected chi connectivity index (χ2v) is 4.66. The summed E-state index contributed by atoms with van der Waals surface area (Å²) in [4.78, 5) is 13.5. The number of nitrogens with zero attached hydrogens (tertiary/aromatic N) is 1. The van der Waals surface area contributed by atoms with Gasteiger partial charge in [0.25, 0.3) is 0 Å². The van der Waals surface area contributed by atoms with Crippen molar-refractivity contribution in [3.8, 4) is 0 Å². The van der Waals surface area contributed by atoms with Crippen LogP contribution in [0.4, 0.5) is 4.79 Å². The fourth-order valence-corrected chi connectivity index (χ4v) is 1.94. The molecule has 0 radical (unpaired) electrons. The number of hydrogen-bond acceptors (Lipinski definition) is 3. The predicted octanol–water partition coefficient (Wildman–Crippen LogP) is 1.39. The van der Waals surface area contributed by atoms with E-state index in [2.05, 4.69) is 5.32 Å². The predicted molar refractivity (Wildman–Crippen MR) is 64.6 cm³/mol. The van der Waals surface area contributed by atoms with Crippen molar-refractivity contribution in [2.45, 2.75) is 32.4 Å². The molecule has 1 aromatic heterocycles. The Balaban J connectivity index is 1.95. The Morgan fingerprint density at radius 3 is 3.00 bits per heavy atom. The van der Waals surface area contributed by atoms with Crippen molar-refractivity contribution in [1.82, 2.24) is 10.2 Å². The van der Waals surface area contributed by atoms with Crippen LogP contribution < -0.4 is 11.1 Å². The van der Waals surface area contributed by atoms with Gasteiger partial charge in [-0.05, 0) is 32.4 Å². The first kappa shape index (κ1) is 12.0. The van der Waals surface area contributed by atoms with E-state index < -0.39 is 0 Å². The molecule has 0 bridgehead atoms. The molecule has 17 heavy (non-hydrogen) atoms. The van der Waals surface area contributed by atoms with E-state index in [1.807, 2.05) is 26.0 Å². The first-order valence-electron chi connectivity index (χ1n) is 5.93. The fraction of sp³-hybridized carbons (Fsp3) is 0.583. The van der Waals surface area contributed by atoms with Gasteiger partial charge >= 0.3 is 6.03 Å². The van der Waals surface area contributed by atoms with Crippen LogP contribution in [0.15, 0.2) is 16.5 Å². The molecule has 0 spiro atoms. The highest BCUT2D eigenvalue weighted by Gasteiger charge is 2.31. The summed E-state index contributed by atoms with van der Waals surface area (Å²) < 4.78 is 5.52. The SMILES string of the molecule is Cc1ccc(C2CN(CCC(C)N)C(=O)N2)o1. The molecule has 0 saturated carbocycles. The molecule has 0 aromatic carbocycles. The zero-order chi connectivity index (χ0) is 12.4. The Hall–Kier alpha value is -1.49. The zero-order valence-corrected chi connectivity index (χ0v) is 10.3. The summed E-state index contributed by atoms with van der Waals surface area (Å²) >= 11 is 0. The number of rotatable bonds is 4. The standard InChI is InChI=1S/C12H19N3O2/c1-8(13)5-6-15-7-10(14-12(15)16)11-4-3-9(2)17-11/h3-4,8,10H,5-7,13H2,1-2H3,(H,14,16). The van der Waals surface area contributed by atoms with Gasteiger partial charge in [-0.25, -0.2) is 4.79 Å². The molecule has 3 N–H and O–H groups in total. The first-order chi connectivity index (χ1) is 8.06. The first-order valence-corrected chi connectivity index (χ1v) is 5.93. The number of urea groups is 1. The lowest BCUT2D eigenvalue weighted by Crippen LogP contribution is -2.32. The van der Waals surface area contributed by atoms with E-state index >= 15 is 0 Å². The summed E-state index contributed by atoms with van der Waals surface area (Å²) in [7, 11) is 0. The van der Waals surface area contributed by atoms with Crippen LogP contribution in [-0.2, 0) is 0 Å². The number of amides is 2. The molecular weight excluding hydrogens is 218 g/mol. The molecule has 2 atom stereocenters. The Morgan fingerprint density at radius 1 is 1.65 bits per heavy atom. The van der Waals surface area contributed by atoms with Crippen molar-refractivity contribution in [3.05, 3.63) is 23.7 Å². The lowest BCUT2D eigenvalue weighted by atomic mass is 10.2. The van der Waals surface area contributed by atoms with E-state index in [9.17, 15) is 4.79 Å². The summed E-state index contributed by atoms with van der Waals surface area (Å²) in [6.07, 6.45) is 0.817. The van der Waals surface area contributed by atoms with Crippen LogP contribution in [0.3, 0.4) is 0 Å². The van der Waals surface area contributed by atoms with Crippen LogP contribution >= 0.6 is 0 Å². The Morgan fingerprint density at radius 2 is 2.41 bits per heavy atom. The molecule has 1 aliphatic heterocycles. The van der Waals surface area contributed by atoms with Crippen LogP contribution in [-0.4, -0.2) is 30.1 Å². The van der Waals surface area contributed by atoms with Gasteiger partial charge in [0, 0.05) is 19.1 Å². The quantitative estimate of drug-likeness (QED) is 0.831. The largest absolute Gasteiger partial charge is 0.464 e. The highest BCUT2D eigenvalue weighted by molar-refractivity contribution is 5.77. The number of carbonyl (C=O) groups is 1. The third-order valence-electron chi connectivity index (χ3n) is 2.95. The van der Waals surface area contributed by atoms with Crippen LogP contribution in [0.25, 0.3) is 0 Å². The molecule has 94 valence electrons. The molecule has 5 heteroatoms. The van der Waals surface area contributed by atoms with Crippen LogP contribution in [0, 0.1) is 6.92 Å². The average Bonchev–Trinajstić information content (AvgIpc) is 2.82. The Bertz CT molecular complexity index is 400. The molecule has 1 aromatic rings. The monoisotopic (exact) mass is 237 g/mol. The molecule has 1 saturated heterocycles. The van der Waals surface area contributed by atoms with Crippen LogP contribution in [0.2, 0.25) is 0 Å². The van der Waals surface area contributed by atoms with E-state index in [4.69, 9.17) is 10.2 Å². The van der Waals surface area contributed by atoms with Gasteiger partial charge in [-0.1, -0.05) is 0 Å². The zero-order valence-electron chi connectivity index (χ0n) is 10.3. The number of hydrogen-bond donors (Lipinski definition) is 2. The minimum atomic E-state index is -0.0377. The van der Waals surface area contributed by atoms with Crippen molar-refractivity contribution in [1.29, 1.82) is 0 Å². The van der Waals surface area contributed by atoms with Crippen LogP contribution in [0.1, 0.15) is 30.9 Å². The van der Waals surface area contributed by atoms with E-state index in [-0.39, 0.29) is 18.1 Å². The number of nitrogens with two attached hydrogens (primary N) is 1. The molecular formula is C12H19N3O2. The van der Waals surface area contributed by atoms with Gasteiger partial charge in [0.05, 0.1) is 0 Å². The summed E-state index contributed by atoms with van der Waals surface area (Å²) in [6.45, 7) is 5.19. The third kappa shape index (κ3) is 2.79. The van der Waals surface area contributed by atoms with Crippen molar-refractivity contribution in [3.63, 3.8) is 0 Å². The second-order valence-electron chi connectivity index (χ2n) is 4.66. The van der Waals surface area contributed by atoms with Crippen molar-refractivity contribution in [2.24, 2.45) is 5.73 Å². The molecule has 1 aliphatic rings. The summed E-state index contributed by atoms with van der Waals surface area (Å²) in [5, 5.41) is 2.91. The minimum absolute atomic E-state index is 0.0373. The van der Waals surface area contributed by atoms with E-state index in [1.54, 1.807) is 4.90 Å². The smallest absolute Gasteiger partial charge is 0.318 e. The highest BCUT2D eigenvalue weighted by Crippen LogP contribution is 2.22. The molecule has 2 heterocycles. The maximum absolute atomic E-state index is 11.7. The molecule has 0 aliphatic carbocycles. The third-order valence-corrected chi connectivity index (χ3v) is 2.95. The fourth-order valence-electron chi connectivity index (χ4n) is 1.94. The van der Waals surface area contributed by atoms with E-state index in [0.717, 1.165) is 17.9 Å². The molecule has 2 rings (SSSR count). The topological polar surface area (TPSA) is 71.5 Å². The van der Waals surface area contributed by atoms with Gasteiger partial charge in [0.1, 0.15) is 17.6 Å². The van der Waals surface area contributed by atoms with Gasteiger partial charge in [-0.2, -0.15) is 0 Å². The lowest BCUT2D eigenvalue weighted by Gasteiger charge is -2.15. The molecule has 2 amide bonds.